The van der Waals surface area contributed by atoms with Gasteiger partial charge in [-0.2, -0.15) is 0 Å². The van der Waals surface area contributed by atoms with E-state index < -0.39 is 54.6 Å². The first kappa shape index (κ1) is 28.7. The average Bonchev–Trinajstić information content (AvgIpc) is 2.79. The van der Waals surface area contributed by atoms with Gasteiger partial charge >= 0.3 is 23.9 Å². The van der Waals surface area contributed by atoms with E-state index in [1.165, 1.54) is 26.2 Å². The smallest absolute Gasteiger partial charge is 0.303 e. The summed E-state index contributed by atoms with van der Waals surface area (Å²) in [4.78, 5) is 58.4. The topological polar surface area (TPSA) is 150 Å². The van der Waals surface area contributed by atoms with Gasteiger partial charge in [0.2, 0.25) is 12.4 Å². The van der Waals surface area contributed by atoms with Crippen molar-refractivity contribution in [2.75, 3.05) is 20.3 Å². The lowest BCUT2D eigenvalue weighted by molar-refractivity contribution is -0.288. The molecular formula is C24H30O12. The van der Waals surface area contributed by atoms with Crippen LogP contribution in [-0.2, 0) is 54.0 Å². The Hall–Kier alpha value is -3.51. The molecule has 1 fully saturated rings. The van der Waals surface area contributed by atoms with E-state index in [9.17, 15) is 24.0 Å². The summed E-state index contributed by atoms with van der Waals surface area (Å²) in [5, 5.41) is 0. The van der Waals surface area contributed by atoms with Crippen LogP contribution in [0.4, 0.5) is 0 Å². The predicted molar refractivity (Wildman–Crippen MR) is 120 cm³/mol. The second kappa shape index (κ2) is 13.5. The van der Waals surface area contributed by atoms with Gasteiger partial charge in [0.25, 0.3) is 0 Å². The summed E-state index contributed by atoms with van der Waals surface area (Å²) in [5.41, 5.74) is 0.990. The van der Waals surface area contributed by atoms with E-state index in [0.717, 1.165) is 20.8 Å². The van der Waals surface area contributed by atoms with Gasteiger partial charge in [0.05, 0.1) is 6.61 Å². The number of ether oxygens (including phenoxy) is 7. The van der Waals surface area contributed by atoms with Crippen molar-refractivity contribution in [1.82, 2.24) is 0 Å². The monoisotopic (exact) mass is 510 g/mol. The summed E-state index contributed by atoms with van der Waals surface area (Å²) in [6.45, 7) is 4.52. The van der Waals surface area contributed by atoms with Crippen LogP contribution in [0.5, 0.6) is 5.75 Å². The molecule has 0 radical (unpaired) electrons. The highest BCUT2D eigenvalue weighted by molar-refractivity contribution is 5.75. The number of benzene rings is 1. The number of methoxy groups -OCH3 is 1. The van der Waals surface area contributed by atoms with Gasteiger partial charge in [-0.05, 0) is 30.2 Å². The fraction of sp³-hybridized carbons (Fsp3) is 0.542. The molecule has 12 nitrogen and oxygen atoms in total. The summed E-state index contributed by atoms with van der Waals surface area (Å²) in [5.74, 6) is -2.59. The third kappa shape index (κ3) is 8.31. The van der Waals surface area contributed by atoms with Crippen molar-refractivity contribution in [1.29, 1.82) is 0 Å². The fourth-order valence-electron chi connectivity index (χ4n) is 3.60. The van der Waals surface area contributed by atoms with Gasteiger partial charge in [-0.1, -0.05) is 0 Å². The SMILES string of the molecule is COCCc1cc(C=O)ccc1O[C@@H]1O[C@H](COC(C)=O)[C@H](OC(C)=O)[C@H](OC(C)=O)[C@H]1OC(C)=O. The Bertz CT molecular complexity index is 958. The van der Waals surface area contributed by atoms with E-state index in [0.29, 0.717) is 30.4 Å². The third-order valence-electron chi connectivity index (χ3n) is 4.99. The molecule has 0 aromatic heterocycles. The first-order valence-electron chi connectivity index (χ1n) is 11.1. The molecular weight excluding hydrogens is 480 g/mol. The molecule has 0 aliphatic carbocycles. The second-order valence-electron chi connectivity index (χ2n) is 7.91. The lowest BCUT2D eigenvalue weighted by Crippen LogP contribution is -2.63. The number of carbonyl (C=O) groups is 5. The van der Waals surface area contributed by atoms with Crippen LogP contribution in [0.2, 0.25) is 0 Å². The van der Waals surface area contributed by atoms with Crippen LogP contribution in [0.1, 0.15) is 43.6 Å². The highest BCUT2D eigenvalue weighted by atomic mass is 16.7. The maximum absolute atomic E-state index is 12.0. The Morgan fingerprint density at radius 2 is 1.50 bits per heavy atom. The van der Waals surface area contributed by atoms with Crippen molar-refractivity contribution in [3.05, 3.63) is 29.3 Å². The maximum atomic E-state index is 12.0. The maximum Gasteiger partial charge on any atom is 0.303 e. The van der Waals surface area contributed by atoms with Gasteiger partial charge in [-0.25, -0.2) is 0 Å². The van der Waals surface area contributed by atoms with Crippen LogP contribution in [-0.4, -0.2) is 81.2 Å². The van der Waals surface area contributed by atoms with Gasteiger partial charge in [0.15, 0.2) is 12.2 Å². The van der Waals surface area contributed by atoms with Gasteiger partial charge in [0.1, 0.15) is 24.7 Å². The Kier molecular flexibility index (Phi) is 10.8. The van der Waals surface area contributed by atoms with Gasteiger partial charge in [-0.3, -0.25) is 24.0 Å². The highest BCUT2D eigenvalue weighted by Gasteiger charge is 2.53. The molecule has 0 unspecified atom stereocenters. The molecule has 1 aromatic carbocycles. The van der Waals surface area contributed by atoms with E-state index >= 15 is 0 Å². The van der Waals surface area contributed by atoms with Gasteiger partial charge in [-0.15, -0.1) is 0 Å². The number of hydrogen-bond acceptors (Lipinski definition) is 12. The Balaban J connectivity index is 2.52. The van der Waals surface area contributed by atoms with E-state index in [1.54, 1.807) is 6.07 Å². The lowest BCUT2D eigenvalue weighted by Gasteiger charge is -2.44. The summed E-state index contributed by atoms with van der Waals surface area (Å²) >= 11 is 0. The van der Waals surface area contributed by atoms with Gasteiger partial charge < -0.3 is 33.2 Å². The van der Waals surface area contributed by atoms with Crippen molar-refractivity contribution in [2.24, 2.45) is 0 Å². The zero-order valence-corrected chi connectivity index (χ0v) is 20.7. The van der Waals surface area contributed by atoms with Gasteiger partial charge in [0, 0.05) is 40.4 Å². The molecule has 5 atom stereocenters. The van der Waals surface area contributed by atoms with E-state index in [1.807, 2.05) is 0 Å². The van der Waals surface area contributed by atoms with Crippen LogP contribution in [0, 0.1) is 0 Å². The fourth-order valence-corrected chi connectivity index (χ4v) is 3.60. The number of carbonyl (C=O) groups excluding carboxylic acids is 5. The quantitative estimate of drug-likeness (QED) is 0.239. The molecule has 1 aliphatic heterocycles. The van der Waals surface area contributed by atoms with E-state index in [2.05, 4.69) is 0 Å². The van der Waals surface area contributed by atoms with Crippen LogP contribution in [0.3, 0.4) is 0 Å². The standard InChI is InChI=1S/C24H30O12/c1-13(26)31-12-20-21(32-14(2)27)22(33-15(3)28)23(34-16(4)29)24(36-20)35-19-7-6-17(11-25)10-18(19)8-9-30-5/h6-7,10-11,20-24H,8-9,12H2,1-5H3/t20-,21+,22+,23-,24-/m1/s1. The molecule has 1 saturated heterocycles. The molecule has 198 valence electrons. The Morgan fingerprint density at radius 1 is 0.889 bits per heavy atom. The highest BCUT2D eigenvalue weighted by Crippen LogP contribution is 2.32. The number of hydrogen-bond donors (Lipinski definition) is 0. The van der Waals surface area contributed by atoms with E-state index in [4.69, 9.17) is 33.2 Å². The van der Waals surface area contributed by atoms with Crippen LogP contribution >= 0.6 is 0 Å². The number of rotatable bonds is 11. The minimum atomic E-state index is -1.38. The Morgan fingerprint density at radius 3 is 2.06 bits per heavy atom. The van der Waals surface area contributed by atoms with Crippen molar-refractivity contribution >= 4 is 30.2 Å². The molecule has 0 spiro atoms. The summed E-state index contributed by atoms with van der Waals surface area (Å²) in [6, 6.07) is 4.65. The number of esters is 4. The van der Waals surface area contributed by atoms with Crippen molar-refractivity contribution in [2.45, 2.75) is 64.8 Å². The summed E-state index contributed by atoms with van der Waals surface area (Å²) in [6.07, 6.45) is -5.49. The molecule has 12 heteroatoms. The van der Waals surface area contributed by atoms with Crippen molar-refractivity contribution in [3.63, 3.8) is 0 Å². The first-order chi connectivity index (χ1) is 17.0. The average molecular weight is 510 g/mol. The minimum Gasteiger partial charge on any atom is -0.463 e. The minimum absolute atomic E-state index is 0.276. The van der Waals surface area contributed by atoms with E-state index in [-0.39, 0.29) is 12.4 Å². The molecule has 0 bridgehead atoms. The molecule has 1 aromatic rings. The van der Waals surface area contributed by atoms with Crippen LogP contribution in [0.25, 0.3) is 0 Å². The molecule has 36 heavy (non-hydrogen) atoms. The third-order valence-corrected chi connectivity index (χ3v) is 4.99. The van der Waals surface area contributed by atoms with Crippen LogP contribution < -0.4 is 4.74 Å². The molecule has 1 aliphatic rings. The summed E-state index contributed by atoms with van der Waals surface area (Å²) < 4.78 is 38.3. The molecule has 0 saturated carbocycles. The zero-order chi connectivity index (χ0) is 26.8. The largest absolute Gasteiger partial charge is 0.463 e. The molecule has 2 rings (SSSR count). The molecule has 1 heterocycles. The Labute approximate surface area is 208 Å². The predicted octanol–water partition coefficient (Wildman–Crippen LogP) is 1.15. The summed E-state index contributed by atoms with van der Waals surface area (Å²) in [7, 11) is 1.52. The lowest BCUT2D eigenvalue weighted by atomic mass is 9.98. The normalized spacial score (nSPS) is 23.2. The molecule has 0 amide bonds. The van der Waals surface area contributed by atoms with Crippen molar-refractivity contribution < 1.29 is 57.1 Å². The molecule has 0 N–H and O–H groups in total. The zero-order valence-electron chi connectivity index (χ0n) is 20.7. The van der Waals surface area contributed by atoms with Crippen molar-refractivity contribution in [3.8, 4) is 5.75 Å². The first-order valence-corrected chi connectivity index (χ1v) is 11.1. The number of aldehydes is 1. The second-order valence-corrected chi connectivity index (χ2v) is 7.91. The van der Waals surface area contributed by atoms with Crippen LogP contribution in [0.15, 0.2) is 18.2 Å².